The Morgan fingerprint density at radius 3 is 2.05 bits per heavy atom. The Morgan fingerprint density at radius 1 is 1.00 bits per heavy atom. The van der Waals surface area contributed by atoms with Crippen molar-refractivity contribution in [1.82, 2.24) is 0 Å². The van der Waals surface area contributed by atoms with Crippen molar-refractivity contribution in [3.63, 3.8) is 0 Å². The van der Waals surface area contributed by atoms with E-state index in [0.29, 0.717) is 0 Å². The normalized spacial score (nSPS) is 11.3. The highest BCUT2D eigenvalue weighted by atomic mass is 32.2. The fourth-order valence-corrected chi connectivity index (χ4v) is 2.07. The largest absolute Gasteiger partial charge is 0.489 e. The van der Waals surface area contributed by atoms with Crippen LogP contribution >= 0.6 is 0 Å². The predicted octanol–water partition coefficient (Wildman–Crippen LogP) is 2.19. The molecular weight excluding hydrogens is 288 g/mol. The predicted molar refractivity (Wildman–Crippen MR) is 68.5 cm³/mol. The summed E-state index contributed by atoms with van der Waals surface area (Å²) < 4.78 is 54.0. The Morgan fingerprint density at radius 2 is 1.55 bits per heavy atom. The molecule has 0 aliphatic carbocycles. The lowest BCUT2D eigenvalue weighted by Gasteiger charge is -2.08. The molecule has 2 rings (SSSR count). The van der Waals surface area contributed by atoms with Gasteiger partial charge in [0.15, 0.2) is 0 Å². The first-order valence-electron chi connectivity index (χ1n) is 5.56. The molecule has 0 heterocycles. The molecule has 0 amide bonds. The fourth-order valence-electron chi connectivity index (χ4n) is 1.55. The van der Waals surface area contributed by atoms with E-state index in [2.05, 4.69) is 0 Å². The Bertz CT molecular complexity index is 695. The van der Waals surface area contributed by atoms with E-state index in [4.69, 9.17) is 9.88 Å². The zero-order valence-electron chi connectivity index (χ0n) is 10.2. The molecule has 0 fully saturated rings. The van der Waals surface area contributed by atoms with Crippen LogP contribution < -0.4 is 9.88 Å². The summed E-state index contributed by atoms with van der Waals surface area (Å²) in [6.45, 7) is -0.298. The van der Waals surface area contributed by atoms with Gasteiger partial charge >= 0.3 is 0 Å². The number of ether oxygens (including phenoxy) is 1. The standard InChI is InChI=1S/C13H11F2NO3S/c14-12-2-1-3-13(15)11(12)8-19-9-4-6-10(7-5-9)20(16,17)18/h1-7H,8H2,(H2,16,17,18). The topological polar surface area (TPSA) is 69.4 Å². The number of benzene rings is 2. The van der Waals surface area contributed by atoms with Crippen molar-refractivity contribution >= 4 is 10.0 Å². The summed E-state index contributed by atoms with van der Waals surface area (Å²) in [5.41, 5.74) is -0.192. The highest BCUT2D eigenvalue weighted by Crippen LogP contribution is 2.18. The van der Waals surface area contributed by atoms with Crippen LogP contribution in [0.15, 0.2) is 47.4 Å². The van der Waals surface area contributed by atoms with Crippen LogP contribution in [0.5, 0.6) is 5.75 Å². The fraction of sp³-hybridized carbons (Fsp3) is 0.0769. The molecule has 0 saturated carbocycles. The van der Waals surface area contributed by atoms with Crippen molar-refractivity contribution in [3.05, 3.63) is 59.7 Å². The van der Waals surface area contributed by atoms with Crippen molar-refractivity contribution in [3.8, 4) is 5.75 Å². The molecular formula is C13H11F2NO3S. The third-order valence-electron chi connectivity index (χ3n) is 2.60. The third kappa shape index (κ3) is 3.31. The summed E-state index contributed by atoms with van der Waals surface area (Å²) in [4.78, 5) is -0.0677. The van der Waals surface area contributed by atoms with Gasteiger partial charge in [0.1, 0.15) is 24.0 Å². The molecule has 0 atom stereocenters. The SMILES string of the molecule is NS(=O)(=O)c1ccc(OCc2c(F)cccc2F)cc1. The lowest BCUT2D eigenvalue weighted by molar-refractivity contribution is 0.292. The molecule has 2 N–H and O–H groups in total. The van der Waals surface area contributed by atoms with E-state index in [-0.39, 0.29) is 22.8 Å². The Labute approximate surface area is 114 Å². The molecule has 0 radical (unpaired) electrons. The molecule has 4 nitrogen and oxygen atoms in total. The van der Waals surface area contributed by atoms with Gasteiger partial charge in [-0.15, -0.1) is 0 Å². The van der Waals surface area contributed by atoms with Gasteiger partial charge in [0.25, 0.3) is 0 Å². The molecule has 106 valence electrons. The molecule has 0 spiro atoms. The molecule has 2 aromatic carbocycles. The first kappa shape index (κ1) is 14.4. The molecule has 0 aliphatic heterocycles. The molecule has 0 aliphatic rings. The quantitative estimate of drug-likeness (QED) is 0.941. The van der Waals surface area contributed by atoms with Crippen LogP contribution in [0.3, 0.4) is 0 Å². The lowest BCUT2D eigenvalue weighted by atomic mass is 10.2. The highest BCUT2D eigenvalue weighted by molar-refractivity contribution is 7.89. The lowest BCUT2D eigenvalue weighted by Crippen LogP contribution is -2.11. The van der Waals surface area contributed by atoms with Gasteiger partial charge in [0.05, 0.1) is 10.5 Å². The van der Waals surface area contributed by atoms with E-state index in [9.17, 15) is 17.2 Å². The number of sulfonamides is 1. The molecule has 0 saturated heterocycles. The average Bonchev–Trinajstić information content (AvgIpc) is 2.37. The van der Waals surface area contributed by atoms with Crippen LogP contribution in [0.2, 0.25) is 0 Å². The molecule has 0 unspecified atom stereocenters. The van der Waals surface area contributed by atoms with E-state index in [1.165, 1.54) is 30.3 Å². The molecule has 7 heteroatoms. The van der Waals surface area contributed by atoms with Crippen molar-refractivity contribution in [2.45, 2.75) is 11.5 Å². The van der Waals surface area contributed by atoms with Gasteiger partial charge in [0.2, 0.25) is 10.0 Å². The zero-order chi connectivity index (χ0) is 14.8. The van der Waals surface area contributed by atoms with Gasteiger partial charge < -0.3 is 4.74 Å². The van der Waals surface area contributed by atoms with Crippen LogP contribution in [-0.4, -0.2) is 8.42 Å². The van der Waals surface area contributed by atoms with Crippen LogP contribution in [0.4, 0.5) is 8.78 Å². The van der Waals surface area contributed by atoms with E-state index in [1.54, 1.807) is 0 Å². The first-order chi connectivity index (χ1) is 9.38. The maximum Gasteiger partial charge on any atom is 0.238 e. The van der Waals surface area contributed by atoms with Gasteiger partial charge in [-0.25, -0.2) is 22.3 Å². The molecule has 20 heavy (non-hydrogen) atoms. The average molecular weight is 299 g/mol. The van der Waals surface area contributed by atoms with Crippen molar-refractivity contribution in [2.75, 3.05) is 0 Å². The van der Waals surface area contributed by atoms with Gasteiger partial charge in [-0.05, 0) is 36.4 Å². The number of rotatable bonds is 4. The van der Waals surface area contributed by atoms with Gasteiger partial charge in [-0.2, -0.15) is 0 Å². The van der Waals surface area contributed by atoms with Crippen LogP contribution in [0.25, 0.3) is 0 Å². The van der Waals surface area contributed by atoms with Gasteiger partial charge in [-0.1, -0.05) is 6.07 Å². The summed E-state index contributed by atoms with van der Waals surface area (Å²) in [7, 11) is -3.78. The second kappa shape index (κ2) is 5.56. The zero-order valence-corrected chi connectivity index (χ0v) is 11.0. The van der Waals surface area contributed by atoms with E-state index in [1.807, 2.05) is 0 Å². The van der Waals surface area contributed by atoms with Crippen LogP contribution in [-0.2, 0) is 16.6 Å². The minimum Gasteiger partial charge on any atom is -0.489 e. The minimum atomic E-state index is -3.78. The molecule has 0 aromatic heterocycles. The minimum absolute atomic E-state index is 0.0677. The molecule has 0 bridgehead atoms. The molecule has 2 aromatic rings. The maximum absolute atomic E-state index is 13.4. The third-order valence-corrected chi connectivity index (χ3v) is 3.53. The first-order valence-corrected chi connectivity index (χ1v) is 7.11. The van der Waals surface area contributed by atoms with Crippen LogP contribution in [0.1, 0.15) is 5.56 Å². The Balaban J connectivity index is 2.12. The monoisotopic (exact) mass is 299 g/mol. The summed E-state index contributed by atoms with van der Waals surface area (Å²) in [5, 5.41) is 4.94. The Hall–Kier alpha value is -1.99. The highest BCUT2D eigenvalue weighted by Gasteiger charge is 2.10. The van der Waals surface area contributed by atoms with E-state index in [0.717, 1.165) is 12.1 Å². The summed E-state index contributed by atoms with van der Waals surface area (Å²) in [6.07, 6.45) is 0. The number of nitrogens with two attached hydrogens (primary N) is 1. The second-order valence-electron chi connectivity index (χ2n) is 4.01. The summed E-state index contributed by atoms with van der Waals surface area (Å²) >= 11 is 0. The Kier molecular flexibility index (Phi) is 4.01. The number of halogens is 2. The van der Waals surface area contributed by atoms with Crippen molar-refractivity contribution in [1.29, 1.82) is 0 Å². The van der Waals surface area contributed by atoms with Crippen LogP contribution in [0, 0.1) is 11.6 Å². The van der Waals surface area contributed by atoms with Gasteiger partial charge in [0, 0.05) is 0 Å². The van der Waals surface area contributed by atoms with E-state index < -0.39 is 21.7 Å². The number of hydrogen-bond donors (Lipinski definition) is 1. The number of primary sulfonamides is 1. The summed E-state index contributed by atoms with van der Waals surface area (Å²) in [5.74, 6) is -1.13. The smallest absolute Gasteiger partial charge is 0.238 e. The second-order valence-corrected chi connectivity index (χ2v) is 5.57. The van der Waals surface area contributed by atoms with Crippen molar-refractivity contribution < 1.29 is 21.9 Å². The maximum atomic E-state index is 13.4. The van der Waals surface area contributed by atoms with Crippen molar-refractivity contribution in [2.24, 2.45) is 5.14 Å². The van der Waals surface area contributed by atoms with Gasteiger partial charge in [-0.3, -0.25) is 0 Å². The van der Waals surface area contributed by atoms with E-state index >= 15 is 0 Å². The number of hydrogen-bond acceptors (Lipinski definition) is 3. The summed E-state index contributed by atoms with van der Waals surface area (Å²) in [6, 6.07) is 8.74.